The van der Waals surface area contributed by atoms with E-state index in [4.69, 9.17) is 25.8 Å². The zero-order valence-corrected chi connectivity index (χ0v) is 12.1. The number of rotatable bonds is 6. The predicted octanol–water partition coefficient (Wildman–Crippen LogP) is 2.41. The fraction of sp³-hybridized carbons (Fsp3) is 0.571. The molecule has 0 aromatic heterocycles. The molecule has 0 spiro atoms. The maximum absolute atomic E-state index is 5.94. The van der Waals surface area contributed by atoms with Crippen LogP contribution in [0.25, 0.3) is 0 Å². The quantitative estimate of drug-likeness (QED) is 0.751. The number of benzene rings is 1. The summed E-state index contributed by atoms with van der Waals surface area (Å²) in [6.45, 7) is 2.65. The third kappa shape index (κ3) is 4.35. The maximum Gasteiger partial charge on any atom is 0.169 e. The Labute approximate surface area is 119 Å². The van der Waals surface area contributed by atoms with Gasteiger partial charge in [-0.3, -0.25) is 4.90 Å². The molecule has 1 heterocycles. The molecule has 19 heavy (non-hydrogen) atoms. The lowest BCUT2D eigenvalue weighted by atomic mass is 10.3. The van der Waals surface area contributed by atoms with Gasteiger partial charge in [0.2, 0.25) is 0 Å². The average molecular weight is 286 g/mol. The number of hydrogen-bond donors (Lipinski definition) is 0. The van der Waals surface area contributed by atoms with Gasteiger partial charge in [0.1, 0.15) is 11.9 Å². The molecule has 0 saturated carbocycles. The molecule has 0 radical (unpaired) electrons. The standard InChI is InChI=1S/C14H20ClNO3/c1-17-14(18-2)10-16-7-6-13(9-16)19-12-5-3-4-11(15)8-12/h3-5,8,13-14H,6-7,9-10H2,1-2H3/t13-/m0/s1. The first-order valence-electron chi connectivity index (χ1n) is 6.41. The van der Waals surface area contributed by atoms with Crippen molar-refractivity contribution in [3.8, 4) is 5.75 Å². The Kier molecular flexibility index (Phi) is 5.45. The van der Waals surface area contributed by atoms with Crippen molar-refractivity contribution < 1.29 is 14.2 Å². The van der Waals surface area contributed by atoms with Gasteiger partial charge in [0.25, 0.3) is 0 Å². The first-order chi connectivity index (χ1) is 9.21. The Morgan fingerprint density at radius 2 is 2.16 bits per heavy atom. The summed E-state index contributed by atoms with van der Waals surface area (Å²) in [6, 6.07) is 7.52. The molecule has 0 aliphatic carbocycles. The Balaban J connectivity index is 1.82. The molecule has 1 aliphatic rings. The van der Waals surface area contributed by atoms with Crippen LogP contribution in [0.4, 0.5) is 0 Å². The van der Waals surface area contributed by atoms with Crippen LogP contribution in [0.2, 0.25) is 5.02 Å². The topological polar surface area (TPSA) is 30.9 Å². The number of hydrogen-bond acceptors (Lipinski definition) is 4. The van der Waals surface area contributed by atoms with Gasteiger partial charge in [0.05, 0.1) is 0 Å². The van der Waals surface area contributed by atoms with Crippen LogP contribution in [0.15, 0.2) is 24.3 Å². The molecular weight excluding hydrogens is 266 g/mol. The summed E-state index contributed by atoms with van der Waals surface area (Å²) in [4.78, 5) is 2.28. The largest absolute Gasteiger partial charge is 0.489 e. The molecule has 0 N–H and O–H groups in total. The molecule has 2 rings (SSSR count). The highest BCUT2D eigenvalue weighted by Crippen LogP contribution is 2.21. The molecule has 0 unspecified atom stereocenters. The number of nitrogens with zero attached hydrogens (tertiary/aromatic N) is 1. The van der Waals surface area contributed by atoms with E-state index in [9.17, 15) is 0 Å². The van der Waals surface area contributed by atoms with E-state index in [-0.39, 0.29) is 12.4 Å². The third-order valence-electron chi connectivity index (χ3n) is 3.26. The smallest absolute Gasteiger partial charge is 0.169 e. The molecule has 0 bridgehead atoms. The van der Waals surface area contributed by atoms with Crippen LogP contribution in [0, 0.1) is 0 Å². The Morgan fingerprint density at radius 1 is 1.37 bits per heavy atom. The lowest BCUT2D eigenvalue weighted by Gasteiger charge is -2.21. The van der Waals surface area contributed by atoms with Gasteiger partial charge < -0.3 is 14.2 Å². The molecule has 1 aromatic carbocycles. The second kappa shape index (κ2) is 7.10. The van der Waals surface area contributed by atoms with Crippen LogP contribution in [-0.2, 0) is 9.47 Å². The minimum Gasteiger partial charge on any atom is -0.489 e. The van der Waals surface area contributed by atoms with Gasteiger partial charge in [0, 0.05) is 38.9 Å². The molecule has 4 nitrogen and oxygen atoms in total. The fourth-order valence-corrected chi connectivity index (χ4v) is 2.43. The van der Waals surface area contributed by atoms with E-state index in [0.717, 1.165) is 31.8 Å². The van der Waals surface area contributed by atoms with Gasteiger partial charge in [-0.1, -0.05) is 17.7 Å². The first-order valence-corrected chi connectivity index (χ1v) is 6.79. The van der Waals surface area contributed by atoms with E-state index in [1.165, 1.54) is 0 Å². The van der Waals surface area contributed by atoms with E-state index >= 15 is 0 Å². The van der Waals surface area contributed by atoms with Crippen molar-refractivity contribution in [1.29, 1.82) is 0 Å². The van der Waals surface area contributed by atoms with E-state index in [0.29, 0.717) is 5.02 Å². The Hall–Kier alpha value is -0.810. The monoisotopic (exact) mass is 285 g/mol. The lowest BCUT2D eigenvalue weighted by molar-refractivity contribution is -0.114. The molecule has 1 saturated heterocycles. The van der Waals surface area contributed by atoms with Crippen LogP contribution < -0.4 is 4.74 Å². The van der Waals surface area contributed by atoms with E-state index in [2.05, 4.69) is 4.90 Å². The first kappa shape index (κ1) is 14.6. The summed E-state index contributed by atoms with van der Waals surface area (Å²) in [5, 5.41) is 0.700. The number of methoxy groups -OCH3 is 2. The summed E-state index contributed by atoms with van der Waals surface area (Å²) >= 11 is 5.94. The van der Waals surface area contributed by atoms with Gasteiger partial charge in [-0.2, -0.15) is 0 Å². The highest BCUT2D eigenvalue weighted by atomic mass is 35.5. The van der Waals surface area contributed by atoms with Gasteiger partial charge in [0.15, 0.2) is 6.29 Å². The molecule has 0 amide bonds. The minimum absolute atomic E-state index is 0.176. The summed E-state index contributed by atoms with van der Waals surface area (Å²) in [7, 11) is 3.31. The number of halogens is 1. The fourth-order valence-electron chi connectivity index (χ4n) is 2.25. The van der Waals surface area contributed by atoms with Gasteiger partial charge in [-0.15, -0.1) is 0 Å². The molecular formula is C14H20ClNO3. The normalized spacial score (nSPS) is 20.1. The number of ether oxygens (including phenoxy) is 3. The van der Waals surface area contributed by atoms with E-state index < -0.39 is 0 Å². The van der Waals surface area contributed by atoms with Crippen molar-refractivity contribution in [3.05, 3.63) is 29.3 Å². The molecule has 106 valence electrons. The second-order valence-corrected chi connectivity index (χ2v) is 5.08. The van der Waals surface area contributed by atoms with Crippen molar-refractivity contribution in [2.75, 3.05) is 33.9 Å². The summed E-state index contributed by atoms with van der Waals surface area (Å²) in [5.74, 6) is 0.828. The zero-order valence-electron chi connectivity index (χ0n) is 11.3. The second-order valence-electron chi connectivity index (χ2n) is 4.65. The highest BCUT2D eigenvalue weighted by Gasteiger charge is 2.26. The Morgan fingerprint density at radius 3 is 2.84 bits per heavy atom. The van der Waals surface area contributed by atoms with E-state index in [1.54, 1.807) is 14.2 Å². The molecule has 1 aliphatic heterocycles. The van der Waals surface area contributed by atoms with Crippen LogP contribution in [0.5, 0.6) is 5.75 Å². The average Bonchev–Trinajstić information content (AvgIpc) is 2.83. The summed E-state index contributed by atoms with van der Waals surface area (Å²) < 4.78 is 16.3. The lowest BCUT2D eigenvalue weighted by Crippen LogP contribution is -2.34. The van der Waals surface area contributed by atoms with Gasteiger partial charge >= 0.3 is 0 Å². The van der Waals surface area contributed by atoms with Crippen molar-refractivity contribution in [2.45, 2.75) is 18.8 Å². The van der Waals surface area contributed by atoms with Crippen LogP contribution in [0.1, 0.15) is 6.42 Å². The van der Waals surface area contributed by atoms with E-state index in [1.807, 2.05) is 24.3 Å². The summed E-state index contributed by atoms with van der Waals surface area (Å²) in [6.07, 6.45) is 1.03. The Bertz CT molecular complexity index is 398. The van der Waals surface area contributed by atoms with Crippen molar-refractivity contribution in [2.24, 2.45) is 0 Å². The van der Waals surface area contributed by atoms with Crippen molar-refractivity contribution in [1.82, 2.24) is 4.90 Å². The minimum atomic E-state index is -0.176. The molecule has 1 aromatic rings. The molecule has 5 heteroatoms. The van der Waals surface area contributed by atoms with Crippen molar-refractivity contribution >= 4 is 11.6 Å². The predicted molar refractivity (Wildman–Crippen MR) is 74.7 cm³/mol. The van der Waals surface area contributed by atoms with Gasteiger partial charge in [-0.05, 0) is 24.6 Å². The zero-order chi connectivity index (χ0) is 13.7. The SMILES string of the molecule is COC(CN1CC[C@H](Oc2cccc(Cl)c2)C1)OC. The van der Waals surface area contributed by atoms with Crippen LogP contribution in [0.3, 0.4) is 0 Å². The third-order valence-corrected chi connectivity index (χ3v) is 3.50. The van der Waals surface area contributed by atoms with Gasteiger partial charge in [-0.25, -0.2) is 0 Å². The molecule has 1 atom stereocenters. The van der Waals surface area contributed by atoms with Crippen LogP contribution in [-0.4, -0.2) is 51.1 Å². The molecule has 1 fully saturated rings. The highest BCUT2D eigenvalue weighted by molar-refractivity contribution is 6.30. The van der Waals surface area contributed by atoms with Crippen LogP contribution >= 0.6 is 11.6 Å². The number of likely N-dealkylation sites (tertiary alicyclic amines) is 1. The maximum atomic E-state index is 5.94. The summed E-state index contributed by atoms with van der Waals surface area (Å²) in [5.41, 5.74) is 0. The van der Waals surface area contributed by atoms with Crippen molar-refractivity contribution in [3.63, 3.8) is 0 Å².